The highest BCUT2D eigenvalue weighted by Crippen LogP contribution is 1.72. The van der Waals surface area contributed by atoms with Gasteiger partial charge in [-0.25, -0.2) is 0 Å². The molecule has 0 atom stereocenters. The van der Waals surface area contributed by atoms with Crippen LogP contribution in [0.1, 0.15) is 34.6 Å². The van der Waals surface area contributed by atoms with Crippen LogP contribution in [-0.2, 0) is 4.74 Å². The van der Waals surface area contributed by atoms with Crippen LogP contribution in [0.2, 0.25) is 0 Å². The van der Waals surface area contributed by atoms with Crippen molar-refractivity contribution in [3.05, 3.63) is 25.2 Å². The van der Waals surface area contributed by atoms with E-state index in [0.29, 0.717) is 0 Å². The number of hydrogen-bond donors (Lipinski definition) is 0. The summed E-state index contributed by atoms with van der Waals surface area (Å²) >= 11 is 0. The molecule has 0 amide bonds. The van der Waals surface area contributed by atoms with Gasteiger partial charge in [-0.3, -0.25) is 0 Å². The Morgan fingerprint density at radius 3 is 1.60 bits per heavy atom. The number of allylic oxidation sites excluding steroid dienone is 1. The minimum atomic E-state index is 1.38. The monoisotopic (exact) mass is 144 g/mol. The van der Waals surface area contributed by atoms with Gasteiger partial charge in [0.05, 0.1) is 12.5 Å². The largest absolute Gasteiger partial charge is 0.474 e. The van der Waals surface area contributed by atoms with Crippen molar-refractivity contribution in [2.24, 2.45) is 0 Å². The first kappa shape index (κ1) is 16.1. The van der Waals surface area contributed by atoms with Gasteiger partial charge in [-0.2, -0.15) is 0 Å². The lowest BCUT2D eigenvalue weighted by Gasteiger charge is -1.79. The van der Waals surface area contributed by atoms with Crippen molar-refractivity contribution < 1.29 is 4.74 Å². The van der Waals surface area contributed by atoms with E-state index in [0.717, 1.165) is 0 Å². The highest BCUT2D eigenvalue weighted by atomic mass is 16.5. The lowest BCUT2D eigenvalue weighted by molar-refractivity contribution is 0.404. The van der Waals surface area contributed by atoms with E-state index in [1.165, 1.54) is 6.26 Å². The smallest absolute Gasteiger partial charge is 0.0858 e. The van der Waals surface area contributed by atoms with Gasteiger partial charge < -0.3 is 4.74 Å². The van der Waals surface area contributed by atoms with Crippen molar-refractivity contribution in [1.29, 1.82) is 0 Å². The summed E-state index contributed by atoms with van der Waals surface area (Å²) in [4.78, 5) is 0. The zero-order valence-electron chi connectivity index (χ0n) is 7.85. The van der Waals surface area contributed by atoms with Crippen LogP contribution >= 0.6 is 0 Å². The Morgan fingerprint density at radius 1 is 1.10 bits per heavy atom. The molecule has 0 aliphatic heterocycles. The maximum Gasteiger partial charge on any atom is 0.0858 e. The van der Waals surface area contributed by atoms with Crippen LogP contribution < -0.4 is 0 Å². The van der Waals surface area contributed by atoms with Crippen molar-refractivity contribution in [3.63, 3.8) is 0 Å². The van der Waals surface area contributed by atoms with Crippen molar-refractivity contribution in [2.45, 2.75) is 34.6 Å². The van der Waals surface area contributed by atoms with Gasteiger partial charge in [0.2, 0.25) is 0 Å². The second-order valence-electron chi connectivity index (χ2n) is 0.772. The fourth-order valence-electron chi connectivity index (χ4n) is 0.134. The minimum Gasteiger partial charge on any atom is -0.474 e. The number of hydrogen-bond acceptors (Lipinski definition) is 1. The molecule has 0 aliphatic rings. The maximum absolute atomic E-state index is 4.57. The van der Waals surface area contributed by atoms with Crippen LogP contribution in [0.5, 0.6) is 0 Å². The van der Waals surface area contributed by atoms with Gasteiger partial charge in [0.1, 0.15) is 0 Å². The molecule has 0 aromatic rings. The van der Waals surface area contributed by atoms with E-state index in [4.69, 9.17) is 0 Å². The molecule has 10 heavy (non-hydrogen) atoms. The van der Waals surface area contributed by atoms with Gasteiger partial charge in [0.15, 0.2) is 0 Å². The fraction of sp³-hybridized carbons (Fsp3) is 0.556. The second-order valence-corrected chi connectivity index (χ2v) is 0.772. The summed E-state index contributed by atoms with van der Waals surface area (Å²) in [6.07, 6.45) is 4.73. The first-order valence-electron chi connectivity index (χ1n) is 3.79. The summed E-state index contributed by atoms with van der Waals surface area (Å²) < 4.78 is 4.57. The number of rotatable bonds is 2. The Hall–Kier alpha value is -0.720. The lowest BCUT2D eigenvalue weighted by atomic mass is 10.7. The maximum atomic E-state index is 4.57. The third kappa shape index (κ3) is 55.2. The van der Waals surface area contributed by atoms with Crippen LogP contribution in [-0.4, -0.2) is 0 Å². The topological polar surface area (TPSA) is 9.23 Å². The quantitative estimate of drug-likeness (QED) is 0.536. The molecule has 0 bridgehead atoms. The molecule has 0 fully saturated rings. The molecular weight excluding hydrogens is 124 g/mol. The molecule has 0 saturated heterocycles. The Morgan fingerprint density at radius 2 is 1.50 bits per heavy atom. The van der Waals surface area contributed by atoms with E-state index in [2.05, 4.69) is 11.3 Å². The molecule has 1 heteroatoms. The van der Waals surface area contributed by atoms with E-state index >= 15 is 0 Å². The molecule has 0 rings (SSSR count). The third-order valence-electron chi connectivity index (χ3n) is 0.311. The average Bonchev–Trinajstić information content (AvgIpc) is 2.08. The fourth-order valence-corrected chi connectivity index (χ4v) is 0.134. The standard InChI is InChI=1S/C5H8O.2C2H6/c1-3-5-6-4-2;2*1-2/h3-5H,2H2,1H3;2*1-2H3/b5-3-;;. The van der Waals surface area contributed by atoms with Gasteiger partial charge in [-0.1, -0.05) is 40.3 Å². The van der Waals surface area contributed by atoms with Crippen molar-refractivity contribution in [3.8, 4) is 0 Å². The Labute approximate surface area is 65.4 Å². The molecule has 0 aromatic heterocycles. The van der Waals surface area contributed by atoms with Crippen LogP contribution in [0.4, 0.5) is 0 Å². The first-order chi connectivity index (χ1) is 4.91. The van der Waals surface area contributed by atoms with Gasteiger partial charge in [0, 0.05) is 0 Å². The van der Waals surface area contributed by atoms with Crippen LogP contribution in [0.3, 0.4) is 0 Å². The highest BCUT2D eigenvalue weighted by Gasteiger charge is 1.53. The Bertz CT molecular complexity index is 55.7. The Kier molecular flexibility index (Phi) is 65.8. The van der Waals surface area contributed by atoms with E-state index in [-0.39, 0.29) is 0 Å². The molecule has 1 nitrogen and oxygen atoms in total. The normalized spacial score (nSPS) is 6.50. The molecule has 0 aliphatic carbocycles. The molecule has 0 N–H and O–H groups in total. The first-order valence-corrected chi connectivity index (χ1v) is 3.79. The molecular formula is C9H20O. The van der Waals surface area contributed by atoms with E-state index in [9.17, 15) is 0 Å². The molecule has 62 valence electrons. The third-order valence-corrected chi connectivity index (χ3v) is 0.311. The molecule has 0 unspecified atom stereocenters. The minimum absolute atomic E-state index is 1.38. The van der Waals surface area contributed by atoms with Gasteiger partial charge in [-0.05, 0) is 6.92 Å². The van der Waals surface area contributed by atoms with Gasteiger partial charge in [-0.15, -0.1) is 0 Å². The van der Waals surface area contributed by atoms with Gasteiger partial charge >= 0.3 is 0 Å². The SMILES string of the molecule is C=CO/C=C\C.CC.CC. The van der Waals surface area contributed by atoms with Gasteiger partial charge in [0.25, 0.3) is 0 Å². The molecule has 0 aromatic carbocycles. The van der Waals surface area contributed by atoms with Crippen molar-refractivity contribution in [2.75, 3.05) is 0 Å². The van der Waals surface area contributed by atoms with E-state index in [1.54, 1.807) is 12.3 Å². The molecule has 0 heterocycles. The predicted octanol–water partition coefficient (Wildman–Crippen LogP) is 3.73. The summed E-state index contributed by atoms with van der Waals surface area (Å²) in [7, 11) is 0. The van der Waals surface area contributed by atoms with Crippen LogP contribution in [0, 0.1) is 0 Å². The van der Waals surface area contributed by atoms with Crippen molar-refractivity contribution >= 4 is 0 Å². The van der Waals surface area contributed by atoms with Crippen LogP contribution in [0.25, 0.3) is 0 Å². The summed E-state index contributed by atoms with van der Waals surface area (Å²) in [5.74, 6) is 0. The second kappa shape index (κ2) is 40.8. The average molecular weight is 144 g/mol. The predicted molar refractivity (Wildman–Crippen MR) is 48.8 cm³/mol. The van der Waals surface area contributed by atoms with Crippen molar-refractivity contribution in [1.82, 2.24) is 0 Å². The summed E-state index contributed by atoms with van der Waals surface area (Å²) in [6.45, 7) is 13.2. The number of ether oxygens (including phenoxy) is 1. The Balaban J connectivity index is -0.000000105. The van der Waals surface area contributed by atoms with Crippen LogP contribution in [0.15, 0.2) is 25.2 Å². The molecule has 0 spiro atoms. The summed E-state index contributed by atoms with van der Waals surface area (Å²) in [6, 6.07) is 0. The summed E-state index contributed by atoms with van der Waals surface area (Å²) in [5, 5.41) is 0. The highest BCUT2D eigenvalue weighted by molar-refractivity contribution is 4.68. The molecule has 0 radical (unpaired) electrons. The van der Waals surface area contributed by atoms with E-state index in [1.807, 2.05) is 34.6 Å². The summed E-state index contributed by atoms with van der Waals surface area (Å²) in [5.41, 5.74) is 0. The zero-order chi connectivity index (χ0) is 8.83. The lowest BCUT2D eigenvalue weighted by Crippen LogP contribution is -1.56. The zero-order valence-corrected chi connectivity index (χ0v) is 7.85. The molecule has 0 saturated carbocycles. The van der Waals surface area contributed by atoms with E-state index < -0.39 is 0 Å².